The topological polar surface area (TPSA) is 82.1 Å². The summed E-state index contributed by atoms with van der Waals surface area (Å²) < 4.78 is 16.0. The molecular weight excluding hydrogens is 300 g/mol. The van der Waals surface area contributed by atoms with Crippen LogP contribution in [0, 0.1) is 0 Å². The highest BCUT2D eigenvalue weighted by molar-refractivity contribution is 6.29. The van der Waals surface area contributed by atoms with Gasteiger partial charge in [-0.25, -0.2) is 0 Å². The number of ketones is 2. The van der Waals surface area contributed by atoms with Crippen LogP contribution in [0.5, 0.6) is 17.2 Å². The first-order chi connectivity index (χ1) is 10.9. The van der Waals surface area contributed by atoms with Crippen molar-refractivity contribution in [2.45, 2.75) is 32.5 Å². The van der Waals surface area contributed by atoms with Gasteiger partial charge in [0.2, 0.25) is 0 Å². The van der Waals surface area contributed by atoms with E-state index in [2.05, 4.69) is 0 Å². The minimum Gasteiger partial charge on any atom is -0.504 e. The van der Waals surface area contributed by atoms with E-state index in [-0.39, 0.29) is 46.0 Å². The number of Topliss-reactive ketones (excluding diaryl/α,β-unsaturated/α-hetero) is 2. The Bertz CT molecular complexity index is 746. The van der Waals surface area contributed by atoms with Crippen molar-refractivity contribution in [1.82, 2.24) is 0 Å². The highest BCUT2D eigenvalue weighted by Crippen LogP contribution is 2.46. The molecule has 6 nitrogen and oxygen atoms in total. The van der Waals surface area contributed by atoms with Crippen molar-refractivity contribution in [2.24, 2.45) is 0 Å². The lowest BCUT2D eigenvalue weighted by Crippen LogP contribution is -2.36. The van der Waals surface area contributed by atoms with Crippen molar-refractivity contribution in [3.63, 3.8) is 0 Å². The van der Waals surface area contributed by atoms with Gasteiger partial charge in [-0.15, -0.1) is 0 Å². The minimum absolute atomic E-state index is 0.00232. The number of methoxy groups -OCH3 is 2. The molecule has 6 heteroatoms. The van der Waals surface area contributed by atoms with E-state index < -0.39 is 6.10 Å². The normalized spacial score (nSPS) is 23.5. The Kier molecular flexibility index (Phi) is 3.64. The zero-order valence-electron chi connectivity index (χ0n) is 13.4. The summed E-state index contributed by atoms with van der Waals surface area (Å²) >= 11 is 0. The summed E-state index contributed by atoms with van der Waals surface area (Å²) in [5.74, 6) is -0.722. The van der Waals surface area contributed by atoms with Crippen LogP contribution in [0.3, 0.4) is 0 Å². The van der Waals surface area contributed by atoms with Crippen molar-refractivity contribution in [3.8, 4) is 17.2 Å². The zero-order chi connectivity index (χ0) is 16.9. The molecule has 0 fully saturated rings. The van der Waals surface area contributed by atoms with Gasteiger partial charge < -0.3 is 19.3 Å². The standard InChI is InChI=1S/C17H18O6/c1-7-5-9-12(8(2)23-7)16(20)13-11(21-3)6-10(18)17(22-4)14(13)15(9)19/h6-8,18H,5H2,1-4H3/t7-,8+/m0/s1. The molecule has 2 aliphatic rings. The highest BCUT2D eigenvalue weighted by atomic mass is 16.5. The highest BCUT2D eigenvalue weighted by Gasteiger charge is 2.42. The molecule has 23 heavy (non-hydrogen) atoms. The van der Waals surface area contributed by atoms with Crippen molar-refractivity contribution in [2.75, 3.05) is 14.2 Å². The van der Waals surface area contributed by atoms with Gasteiger partial charge in [-0.05, 0) is 13.8 Å². The molecule has 1 aliphatic carbocycles. The fourth-order valence-electron chi connectivity index (χ4n) is 3.37. The number of carbonyl (C=O) groups is 2. The first kappa shape index (κ1) is 15.6. The van der Waals surface area contributed by atoms with Crippen LogP contribution in [0.4, 0.5) is 0 Å². The molecule has 0 aromatic heterocycles. The van der Waals surface area contributed by atoms with Gasteiger partial charge >= 0.3 is 0 Å². The molecule has 122 valence electrons. The zero-order valence-corrected chi connectivity index (χ0v) is 13.4. The maximum Gasteiger partial charge on any atom is 0.196 e. The van der Waals surface area contributed by atoms with Gasteiger partial charge in [0.05, 0.1) is 37.6 Å². The number of phenols is 1. The predicted molar refractivity (Wildman–Crippen MR) is 81.5 cm³/mol. The van der Waals surface area contributed by atoms with E-state index in [4.69, 9.17) is 14.2 Å². The van der Waals surface area contributed by atoms with Gasteiger partial charge in [0, 0.05) is 23.6 Å². The Morgan fingerprint density at radius 1 is 1.13 bits per heavy atom. The van der Waals surface area contributed by atoms with Crippen LogP contribution in [-0.2, 0) is 4.74 Å². The first-order valence-corrected chi connectivity index (χ1v) is 7.36. The summed E-state index contributed by atoms with van der Waals surface area (Å²) in [7, 11) is 2.73. The quantitative estimate of drug-likeness (QED) is 0.901. The molecule has 1 aromatic carbocycles. The number of rotatable bonds is 2. The van der Waals surface area contributed by atoms with Gasteiger partial charge in [0.25, 0.3) is 0 Å². The van der Waals surface area contributed by atoms with E-state index in [1.165, 1.54) is 20.3 Å². The molecule has 2 atom stereocenters. The number of phenolic OH excluding ortho intramolecular Hbond substituents is 1. The lowest BCUT2D eigenvalue weighted by atomic mass is 9.78. The molecule has 1 N–H and O–H groups in total. The molecule has 0 spiro atoms. The molecule has 1 heterocycles. The Balaban J connectivity index is 2.32. The molecule has 0 radical (unpaired) electrons. The lowest BCUT2D eigenvalue weighted by molar-refractivity contribution is 0.0148. The van der Waals surface area contributed by atoms with Gasteiger partial charge in [0.15, 0.2) is 23.1 Å². The number of aromatic hydroxyl groups is 1. The SMILES string of the molecule is COc1cc(O)c(OC)c2c1C(=O)C1=C(C[C@H](C)O[C@@H]1C)C2=O. The van der Waals surface area contributed by atoms with E-state index >= 15 is 0 Å². The summed E-state index contributed by atoms with van der Waals surface area (Å²) in [6.07, 6.45) is -0.278. The first-order valence-electron chi connectivity index (χ1n) is 7.36. The van der Waals surface area contributed by atoms with Crippen LogP contribution >= 0.6 is 0 Å². The number of carbonyl (C=O) groups excluding carboxylic acids is 2. The summed E-state index contributed by atoms with van der Waals surface area (Å²) in [4.78, 5) is 25.9. The molecule has 1 aliphatic heterocycles. The molecule has 0 saturated carbocycles. The fourth-order valence-corrected chi connectivity index (χ4v) is 3.37. The van der Waals surface area contributed by atoms with E-state index in [0.717, 1.165) is 0 Å². The van der Waals surface area contributed by atoms with E-state index in [0.29, 0.717) is 17.6 Å². The third-order valence-corrected chi connectivity index (χ3v) is 4.28. The molecular formula is C17H18O6. The Morgan fingerprint density at radius 3 is 2.43 bits per heavy atom. The van der Waals surface area contributed by atoms with E-state index in [1.807, 2.05) is 6.92 Å². The summed E-state index contributed by atoms with van der Waals surface area (Å²) in [5.41, 5.74) is 0.983. The largest absolute Gasteiger partial charge is 0.504 e. The maximum atomic E-state index is 13.0. The van der Waals surface area contributed by atoms with E-state index in [1.54, 1.807) is 6.92 Å². The number of fused-ring (bicyclic) bond motifs is 1. The summed E-state index contributed by atoms with van der Waals surface area (Å²) in [6, 6.07) is 1.28. The lowest BCUT2D eigenvalue weighted by Gasteiger charge is -2.33. The third-order valence-electron chi connectivity index (χ3n) is 4.28. The van der Waals surface area contributed by atoms with E-state index in [9.17, 15) is 14.7 Å². The monoisotopic (exact) mass is 318 g/mol. The van der Waals surface area contributed by atoms with Crippen molar-refractivity contribution in [3.05, 3.63) is 28.3 Å². The van der Waals surface area contributed by atoms with Crippen LogP contribution < -0.4 is 9.47 Å². The second-order valence-electron chi connectivity index (χ2n) is 5.72. The van der Waals surface area contributed by atoms with Crippen LogP contribution in [0.25, 0.3) is 0 Å². The molecule has 3 rings (SSSR count). The molecule has 0 amide bonds. The van der Waals surface area contributed by atoms with Gasteiger partial charge in [-0.1, -0.05) is 0 Å². The van der Waals surface area contributed by atoms with Gasteiger partial charge in [-0.2, -0.15) is 0 Å². The number of benzene rings is 1. The van der Waals surface area contributed by atoms with Crippen LogP contribution in [-0.4, -0.2) is 43.1 Å². The predicted octanol–water partition coefficient (Wildman–Crippen LogP) is 2.28. The summed E-state index contributed by atoms with van der Waals surface area (Å²) in [5, 5.41) is 10.1. The fraction of sp³-hybridized carbons (Fsp3) is 0.412. The molecule has 0 saturated heterocycles. The number of hydrogen-bond donors (Lipinski definition) is 1. The summed E-state index contributed by atoms with van der Waals surface area (Å²) in [6.45, 7) is 3.61. The maximum absolute atomic E-state index is 13.0. The number of ether oxygens (including phenoxy) is 3. The Labute approximate surface area is 133 Å². The number of hydrogen-bond acceptors (Lipinski definition) is 6. The minimum atomic E-state index is -0.470. The molecule has 1 aromatic rings. The van der Waals surface area contributed by atoms with Crippen LogP contribution in [0.1, 0.15) is 41.0 Å². The van der Waals surface area contributed by atoms with Crippen molar-refractivity contribution >= 4 is 11.6 Å². The average molecular weight is 318 g/mol. The Hall–Kier alpha value is -2.34. The van der Waals surface area contributed by atoms with Crippen molar-refractivity contribution < 1.29 is 28.9 Å². The Morgan fingerprint density at radius 2 is 1.83 bits per heavy atom. The molecule has 0 unspecified atom stereocenters. The molecule has 0 bridgehead atoms. The van der Waals surface area contributed by atoms with Gasteiger partial charge in [-0.3, -0.25) is 9.59 Å². The third kappa shape index (κ3) is 2.13. The average Bonchev–Trinajstić information content (AvgIpc) is 2.50. The van der Waals surface area contributed by atoms with Crippen molar-refractivity contribution in [1.29, 1.82) is 0 Å². The second kappa shape index (κ2) is 5.38. The van der Waals surface area contributed by atoms with Gasteiger partial charge in [0.1, 0.15) is 5.75 Å². The van der Waals surface area contributed by atoms with Crippen LogP contribution in [0.15, 0.2) is 17.2 Å². The second-order valence-corrected chi connectivity index (χ2v) is 5.72. The van der Waals surface area contributed by atoms with Crippen LogP contribution in [0.2, 0.25) is 0 Å². The smallest absolute Gasteiger partial charge is 0.196 e.